The fourth-order valence-corrected chi connectivity index (χ4v) is 4.72. The molecule has 0 aliphatic rings. The number of nitrogens with zero attached hydrogens (tertiary/aromatic N) is 1. The number of sulfonamides is 1. The summed E-state index contributed by atoms with van der Waals surface area (Å²) in [6.45, 7) is 4.01. The lowest BCUT2D eigenvalue weighted by molar-refractivity contribution is 0.402. The van der Waals surface area contributed by atoms with Gasteiger partial charge in [0.05, 0.1) is 24.8 Å². The van der Waals surface area contributed by atoms with E-state index in [9.17, 15) is 8.42 Å². The highest BCUT2D eigenvalue weighted by molar-refractivity contribution is 7.98. The third-order valence-corrected chi connectivity index (χ3v) is 6.70. The van der Waals surface area contributed by atoms with E-state index < -0.39 is 10.0 Å². The molecule has 0 saturated carbocycles. The number of furan rings is 1. The lowest BCUT2D eigenvalue weighted by atomic mass is 10.1. The molecular formula is C19H22N2O5S2. The summed E-state index contributed by atoms with van der Waals surface area (Å²) in [5, 5.41) is 3.94. The molecule has 0 fully saturated rings. The topological polar surface area (TPSA) is 94.6 Å². The van der Waals surface area contributed by atoms with Crippen LogP contribution in [0.25, 0.3) is 11.3 Å². The number of thioether (sulfide) groups is 1. The highest BCUT2D eigenvalue weighted by atomic mass is 32.2. The van der Waals surface area contributed by atoms with Crippen LogP contribution in [0.5, 0.6) is 5.75 Å². The number of ether oxygens (including phenoxy) is 1. The smallest absolute Gasteiger partial charge is 0.244 e. The van der Waals surface area contributed by atoms with E-state index in [-0.39, 0.29) is 10.6 Å². The standard InChI is InChI=1S/C19H22N2O5S2/c1-13-14(2)21-26-19(13)15-6-7-17(24-3)18(11-15)28(22,23)20-8-10-27-12-16-5-4-9-25-16/h4-7,9,11,20H,8,10,12H2,1-3H3. The number of methoxy groups -OCH3 is 1. The Bertz CT molecular complexity index is 1030. The second-order valence-electron chi connectivity index (χ2n) is 6.12. The number of hydrogen-bond acceptors (Lipinski definition) is 7. The van der Waals surface area contributed by atoms with Crippen LogP contribution >= 0.6 is 11.8 Å². The summed E-state index contributed by atoms with van der Waals surface area (Å²) in [6.07, 6.45) is 1.62. The maximum absolute atomic E-state index is 12.8. The molecule has 3 rings (SSSR count). The Balaban J connectivity index is 1.72. The summed E-state index contributed by atoms with van der Waals surface area (Å²) >= 11 is 1.59. The van der Waals surface area contributed by atoms with Gasteiger partial charge in [0.1, 0.15) is 16.4 Å². The van der Waals surface area contributed by atoms with Crippen LogP contribution in [-0.2, 0) is 15.8 Å². The zero-order chi connectivity index (χ0) is 20.1. The van der Waals surface area contributed by atoms with Crippen molar-refractivity contribution < 1.29 is 22.1 Å². The number of aryl methyl sites for hydroxylation is 1. The van der Waals surface area contributed by atoms with Crippen molar-refractivity contribution in [1.82, 2.24) is 9.88 Å². The predicted octanol–water partition coefficient (Wildman–Crippen LogP) is 3.77. The number of aromatic nitrogens is 1. The zero-order valence-electron chi connectivity index (χ0n) is 15.9. The molecule has 1 N–H and O–H groups in total. The summed E-state index contributed by atoms with van der Waals surface area (Å²) < 4.78 is 44.1. The zero-order valence-corrected chi connectivity index (χ0v) is 17.5. The molecule has 0 atom stereocenters. The fourth-order valence-electron chi connectivity index (χ4n) is 2.61. The summed E-state index contributed by atoms with van der Waals surface area (Å²) in [5.74, 6) is 2.99. The van der Waals surface area contributed by atoms with E-state index in [4.69, 9.17) is 13.7 Å². The van der Waals surface area contributed by atoms with Gasteiger partial charge >= 0.3 is 0 Å². The van der Waals surface area contributed by atoms with Crippen LogP contribution < -0.4 is 9.46 Å². The number of benzene rings is 1. The van der Waals surface area contributed by atoms with Crippen molar-refractivity contribution in [3.8, 4) is 17.1 Å². The second kappa shape index (κ2) is 8.85. The molecule has 150 valence electrons. The minimum Gasteiger partial charge on any atom is -0.495 e. The Labute approximate surface area is 168 Å². The van der Waals surface area contributed by atoms with Gasteiger partial charge in [-0.25, -0.2) is 13.1 Å². The molecule has 0 aliphatic carbocycles. The number of nitrogens with one attached hydrogen (secondary N) is 1. The van der Waals surface area contributed by atoms with E-state index in [0.717, 1.165) is 17.0 Å². The quantitative estimate of drug-likeness (QED) is 0.525. The lowest BCUT2D eigenvalue weighted by Crippen LogP contribution is -2.26. The first kappa shape index (κ1) is 20.5. The van der Waals surface area contributed by atoms with Crippen LogP contribution in [0.4, 0.5) is 0 Å². The van der Waals surface area contributed by atoms with E-state index in [0.29, 0.717) is 29.4 Å². The maximum atomic E-state index is 12.8. The Morgan fingerprint density at radius 3 is 2.71 bits per heavy atom. The average Bonchev–Trinajstić information content (AvgIpc) is 3.31. The van der Waals surface area contributed by atoms with E-state index in [1.807, 2.05) is 26.0 Å². The molecule has 0 amide bonds. The fraction of sp³-hybridized carbons (Fsp3) is 0.316. The highest BCUT2D eigenvalue weighted by Gasteiger charge is 2.22. The molecule has 0 spiro atoms. The largest absolute Gasteiger partial charge is 0.495 e. The summed E-state index contributed by atoms with van der Waals surface area (Å²) in [4.78, 5) is 0.0667. The molecule has 2 heterocycles. The summed E-state index contributed by atoms with van der Waals surface area (Å²) in [7, 11) is -2.31. The first-order chi connectivity index (χ1) is 13.4. The first-order valence-corrected chi connectivity index (χ1v) is 11.3. The molecule has 28 heavy (non-hydrogen) atoms. The van der Waals surface area contributed by atoms with Crippen molar-refractivity contribution in [2.75, 3.05) is 19.4 Å². The Kier molecular flexibility index (Phi) is 6.48. The van der Waals surface area contributed by atoms with E-state index in [1.54, 1.807) is 36.2 Å². The van der Waals surface area contributed by atoms with Crippen LogP contribution in [0, 0.1) is 13.8 Å². The monoisotopic (exact) mass is 422 g/mol. The van der Waals surface area contributed by atoms with Crippen molar-refractivity contribution in [2.45, 2.75) is 24.5 Å². The van der Waals surface area contributed by atoms with E-state index in [2.05, 4.69) is 9.88 Å². The predicted molar refractivity (Wildman–Crippen MR) is 108 cm³/mol. The molecule has 0 radical (unpaired) electrons. The highest BCUT2D eigenvalue weighted by Crippen LogP contribution is 2.32. The lowest BCUT2D eigenvalue weighted by Gasteiger charge is -2.12. The molecule has 9 heteroatoms. The molecular weight excluding hydrogens is 400 g/mol. The maximum Gasteiger partial charge on any atom is 0.244 e. The van der Waals surface area contributed by atoms with Gasteiger partial charge in [-0.3, -0.25) is 0 Å². The van der Waals surface area contributed by atoms with Crippen LogP contribution in [0.2, 0.25) is 0 Å². The first-order valence-electron chi connectivity index (χ1n) is 8.63. The molecule has 0 aliphatic heterocycles. The van der Waals surface area contributed by atoms with Crippen molar-refractivity contribution in [2.24, 2.45) is 0 Å². The van der Waals surface area contributed by atoms with Crippen molar-refractivity contribution >= 4 is 21.8 Å². The number of hydrogen-bond donors (Lipinski definition) is 1. The van der Waals surface area contributed by atoms with Gasteiger partial charge in [0.2, 0.25) is 10.0 Å². The van der Waals surface area contributed by atoms with Gasteiger partial charge in [-0.15, -0.1) is 0 Å². The van der Waals surface area contributed by atoms with Crippen LogP contribution in [0.3, 0.4) is 0 Å². The van der Waals surface area contributed by atoms with E-state index in [1.165, 1.54) is 7.11 Å². The summed E-state index contributed by atoms with van der Waals surface area (Å²) in [5.41, 5.74) is 2.27. The van der Waals surface area contributed by atoms with Crippen LogP contribution in [-0.4, -0.2) is 33.0 Å². The van der Waals surface area contributed by atoms with Gasteiger partial charge in [-0.05, 0) is 44.2 Å². The van der Waals surface area contributed by atoms with Gasteiger partial charge in [-0.2, -0.15) is 11.8 Å². The van der Waals surface area contributed by atoms with Crippen molar-refractivity contribution in [3.63, 3.8) is 0 Å². The molecule has 0 bridgehead atoms. The Morgan fingerprint density at radius 1 is 1.25 bits per heavy atom. The third kappa shape index (κ3) is 4.60. The van der Waals surface area contributed by atoms with Gasteiger partial charge in [0.25, 0.3) is 0 Å². The minimum absolute atomic E-state index is 0.0667. The molecule has 7 nitrogen and oxygen atoms in total. The van der Waals surface area contributed by atoms with Gasteiger partial charge in [-0.1, -0.05) is 5.16 Å². The molecule has 1 aromatic carbocycles. The van der Waals surface area contributed by atoms with Gasteiger partial charge in [0, 0.05) is 23.4 Å². The Morgan fingerprint density at radius 2 is 2.07 bits per heavy atom. The second-order valence-corrected chi connectivity index (χ2v) is 8.96. The minimum atomic E-state index is -3.75. The average molecular weight is 423 g/mol. The third-order valence-electron chi connectivity index (χ3n) is 4.24. The van der Waals surface area contributed by atoms with Crippen molar-refractivity contribution in [3.05, 3.63) is 53.6 Å². The molecule has 3 aromatic rings. The summed E-state index contributed by atoms with van der Waals surface area (Å²) in [6, 6.07) is 8.64. The van der Waals surface area contributed by atoms with Crippen LogP contribution in [0.15, 0.2) is 50.4 Å². The Hall–Kier alpha value is -2.23. The molecule has 0 saturated heterocycles. The SMILES string of the molecule is COc1ccc(-c2onc(C)c2C)cc1S(=O)(=O)NCCSCc1ccco1. The normalized spacial score (nSPS) is 11.7. The number of rotatable bonds is 9. The van der Waals surface area contributed by atoms with E-state index >= 15 is 0 Å². The molecule has 2 aromatic heterocycles. The molecule has 0 unspecified atom stereocenters. The van der Waals surface area contributed by atoms with Gasteiger partial charge in [0.15, 0.2) is 5.76 Å². The van der Waals surface area contributed by atoms with Gasteiger partial charge < -0.3 is 13.7 Å². The van der Waals surface area contributed by atoms with Crippen LogP contribution in [0.1, 0.15) is 17.0 Å². The van der Waals surface area contributed by atoms with Crippen molar-refractivity contribution in [1.29, 1.82) is 0 Å².